The molecule has 0 saturated heterocycles. The lowest BCUT2D eigenvalue weighted by Crippen LogP contribution is -2.24. The van der Waals surface area contributed by atoms with Crippen LogP contribution in [0, 0.1) is 11.8 Å². The summed E-state index contributed by atoms with van der Waals surface area (Å²) in [4.78, 5) is 11.5. The van der Waals surface area contributed by atoms with Gasteiger partial charge in [0.1, 0.15) is 0 Å². The first kappa shape index (κ1) is 11.6. The second kappa shape index (κ2) is 6.10. The fourth-order valence-electron chi connectivity index (χ4n) is 1.10. The van der Waals surface area contributed by atoms with Crippen molar-refractivity contribution >= 4 is 17.5 Å². The van der Waals surface area contributed by atoms with Gasteiger partial charge in [0.25, 0.3) is 5.91 Å². The highest BCUT2D eigenvalue weighted by molar-refractivity contribution is 6.30. The van der Waals surface area contributed by atoms with Crippen molar-refractivity contribution in [3.05, 3.63) is 34.9 Å². The van der Waals surface area contributed by atoms with Crippen molar-refractivity contribution in [3.63, 3.8) is 0 Å². The molecular weight excluding hydrogens is 210 g/mol. The molecule has 0 unspecified atom stereocenters. The quantitative estimate of drug-likeness (QED) is 0.617. The molecule has 0 radical (unpaired) electrons. The molecule has 0 saturated carbocycles. The van der Waals surface area contributed by atoms with E-state index in [1.165, 1.54) is 0 Å². The summed E-state index contributed by atoms with van der Waals surface area (Å²) < 4.78 is 0. The Labute approximate surface area is 94.6 Å². The zero-order valence-electron chi connectivity index (χ0n) is 8.51. The number of hydrogen-bond donors (Lipinski definition) is 1. The SMILES string of the molecule is CC#CCCNC(=O)c1cccc(Cl)c1. The number of halogens is 1. The van der Waals surface area contributed by atoms with E-state index >= 15 is 0 Å². The van der Waals surface area contributed by atoms with Crippen LogP contribution in [0.5, 0.6) is 0 Å². The van der Waals surface area contributed by atoms with Gasteiger partial charge in [-0.25, -0.2) is 0 Å². The summed E-state index contributed by atoms with van der Waals surface area (Å²) in [6.45, 7) is 2.34. The average Bonchev–Trinajstić information content (AvgIpc) is 2.24. The second-order valence-corrected chi connectivity index (χ2v) is 3.38. The Morgan fingerprint density at radius 3 is 3.00 bits per heavy atom. The maximum Gasteiger partial charge on any atom is 0.251 e. The fraction of sp³-hybridized carbons (Fsp3) is 0.250. The Bertz CT molecular complexity index is 404. The summed E-state index contributed by atoms with van der Waals surface area (Å²) in [6, 6.07) is 6.86. The maximum atomic E-state index is 11.5. The van der Waals surface area contributed by atoms with E-state index in [2.05, 4.69) is 17.2 Å². The Kier molecular flexibility index (Phi) is 4.73. The lowest BCUT2D eigenvalue weighted by atomic mass is 10.2. The molecule has 0 spiro atoms. The van der Waals surface area contributed by atoms with Crippen molar-refractivity contribution in [1.29, 1.82) is 0 Å². The van der Waals surface area contributed by atoms with Crippen LogP contribution in [0.1, 0.15) is 23.7 Å². The third-order valence-electron chi connectivity index (χ3n) is 1.80. The van der Waals surface area contributed by atoms with Gasteiger partial charge in [-0.2, -0.15) is 0 Å². The first-order valence-electron chi connectivity index (χ1n) is 4.67. The van der Waals surface area contributed by atoms with E-state index in [0.717, 1.165) is 0 Å². The maximum absolute atomic E-state index is 11.5. The Morgan fingerprint density at radius 1 is 1.53 bits per heavy atom. The Hall–Kier alpha value is -1.46. The van der Waals surface area contributed by atoms with Crippen molar-refractivity contribution in [2.45, 2.75) is 13.3 Å². The number of carbonyl (C=O) groups excluding carboxylic acids is 1. The van der Waals surface area contributed by atoms with Crippen LogP contribution < -0.4 is 5.32 Å². The number of nitrogens with one attached hydrogen (secondary N) is 1. The molecule has 15 heavy (non-hydrogen) atoms. The monoisotopic (exact) mass is 221 g/mol. The molecular formula is C12H12ClNO. The van der Waals surface area contributed by atoms with E-state index < -0.39 is 0 Å². The fourth-order valence-corrected chi connectivity index (χ4v) is 1.29. The van der Waals surface area contributed by atoms with E-state index in [9.17, 15) is 4.79 Å². The van der Waals surface area contributed by atoms with Gasteiger partial charge in [-0.05, 0) is 25.1 Å². The number of amides is 1. The minimum absolute atomic E-state index is 0.115. The highest BCUT2D eigenvalue weighted by Crippen LogP contribution is 2.10. The molecule has 0 aliphatic heterocycles. The van der Waals surface area contributed by atoms with E-state index in [1.54, 1.807) is 31.2 Å². The molecule has 2 nitrogen and oxygen atoms in total. The summed E-state index contributed by atoms with van der Waals surface area (Å²) in [6.07, 6.45) is 0.669. The van der Waals surface area contributed by atoms with E-state index in [0.29, 0.717) is 23.6 Å². The zero-order valence-corrected chi connectivity index (χ0v) is 9.27. The first-order chi connectivity index (χ1) is 7.24. The van der Waals surface area contributed by atoms with Crippen LogP contribution in [-0.2, 0) is 0 Å². The largest absolute Gasteiger partial charge is 0.351 e. The number of hydrogen-bond acceptors (Lipinski definition) is 1. The van der Waals surface area contributed by atoms with Crippen LogP contribution in [0.15, 0.2) is 24.3 Å². The predicted octanol–water partition coefficient (Wildman–Crippen LogP) is 2.48. The molecule has 0 fully saturated rings. The van der Waals surface area contributed by atoms with Crippen LogP contribution >= 0.6 is 11.6 Å². The topological polar surface area (TPSA) is 29.1 Å². The molecule has 3 heteroatoms. The lowest BCUT2D eigenvalue weighted by Gasteiger charge is -2.02. The van der Waals surface area contributed by atoms with Gasteiger partial charge in [-0.3, -0.25) is 4.79 Å². The number of carbonyl (C=O) groups is 1. The van der Waals surface area contributed by atoms with Crippen molar-refractivity contribution in [3.8, 4) is 11.8 Å². The standard InChI is InChI=1S/C12H12ClNO/c1-2-3-4-8-14-12(15)10-6-5-7-11(13)9-10/h5-7,9H,4,8H2,1H3,(H,14,15). The van der Waals surface area contributed by atoms with E-state index in [4.69, 9.17) is 11.6 Å². The van der Waals surface area contributed by atoms with Gasteiger partial charge in [0.2, 0.25) is 0 Å². The van der Waals surface area contributed by atoms with Crippen molar-refractivity contribution in [2.24, 2.45) is 0 Å². The minimum atomic E-state index is -0.115. The van der Waals surface area contributed by atoms with Crippen LogP contribution in [0.25, 0.3) is 0 Å². The van der Waals surface area contributed by atoms with Gasteiger partial charge in [-0.1, -0.05) is 17.7 Å². The summed E-state index contributed by atoms with van der Waals surface area (Å²) >= 11 is 5.77. The van der Waals surface area contributed by atoms with Gasteiger partial charge < -0.3 is 5.32 Å². The summed E-state index contributed by atoms with van der Waals surface area (Å²) in [7, 11) is 0. The van der Waals surface area contributed by atoms with Crippen LogP contribution in [0.4, 0.5) is 0 Å². The Morgan fingerprint density at radius 2 is 2.33 bits per heavy atom. The van der Waals surface area contributed by atoms with E-state index in [-0.39, 0.29) is 5.91 Å². The molecule has 78 valence electrons. The van der Waals surface area contributed by atoms with Crippen molar-refractivity contribution < 1.29 is 4.79 Å². The Balaban J connectivity index is 2.49. The molecule has 0 bridgehead atoms. The predicted molar refractivity (Wildman–Crippen MR) is 61.9 cm³/mol. The zero-order chi connectivity index (χ0) is 11.1. The molecule has 0 aliphatic rings. The highest BCUT2D eigenvalue weighted by Gasteiger charge is 2.03. The molecule has 1 rings (SSSR count). The summed E-state index contributed by atoms with van der Waals surface area (Å²) in [5.41, 5.74) is 0.576. The molecule has 0 atom stereocenters. The van der Waals surface area contributed by atoms with Gasteiger partial charge >= 0.3 is 0 Å². The van der Waals surface area contributed by atoms with Gasteiger partial charge in [-0.15, -0.1) is 11.8 Å². The minimum Gasteiger partial charge on any atom is -0.351 e. The van der Waals surface area contributed by atoms with Crippen molar-refractivity contribution in [2.75, 3.05) is 6.54 Å². The summed E-state index contributed by atoms with van der Waals surface area (Å²) in [5, 5.41) is 3.33. The number of rotatable bonds is 3. The third-order valence-corrected chi connectivity index (χ3v) is 2.03. The normalized spacial score (nSPS) is 8.93. The number of benzene rings is 1. The molecule has 0 aromatic heterocycles. The third kappa shape index (κ3) is 4.05. The molecule has 1 amide bonds. The summed E-state index contributed by atoms with van der Waals surface area (Å²) in [5.74, 6) is 5.53. The molecule has 0 aliphatic carbocycles. The van der Waals surface area contributed by atoms with E-state index in [1.807, 2.05) is 0 Å². The van der Waals surface area contributed by atoms with Gasteiger partial charge in [0, 0.05) is 23.6 Å². The second-order valence-electron chi connectivity index (χ2n) is 2.94. The van der Waals surface area contributed by atoms with Gasteiger partial charge in [0.15, 0.2) is 0 Å². The van der Waals surface area contributed by atoms with Gasteiger partial charge in [0.05, 0.1) is 0 Å². The highest BCUT2D eigenvalue weighted by atomic mass is 35.5. The van der Waals surface area contributed by atoms with Crippen LogP contribution in [0.2, 0.25) is 5.02 Å². The average molecular weight is 222 g/mol. The van der Waals surface area contributed by atoms with Crippen LogP contribution in [-0.4, -0.2) is 12.5 Å². The molecule has 1 aromatic rings. The molecule has 0 heterocycles. The molecule has 1 N–H and O–H groups in total. The first-order valence-corrected chi connectivity index (χ1v) is 5.05. The van der Waals surface area contributed by atoms with Crippen molar-refractivity contribution in [1.82, 2.24) is 5.32 Å². The lowest BCUT2D eigenvalue weighted by molar-refractivity contribution is 0.0954. The smallest absolute Gasteiger partial charge is 0.251 e. The van der Waals surface area contributed by atoms with Crippen LogP contribution in [0.3, 0.4) is 0 Å². The molecule has 1 aromatic carbocycles.